The summed E-state index contributed by atoms with van der Waals surface area (Å²) in [5.41, 5.74) is 0.424. The molecule has 0 saturated carbocycles. The van der Waals surface area contributed by atoms with Crippen molar-refractivity contribution in [2.45, 2.75) is 19.9 Å². The SMILES string of the molecule is COc1ccc(C(=O)NC(CN(C)C)C(C)C)cc1O. The highest BCUT2D eigenvalue weighted by Gasteiger charge is 2.18. The van der Waals surface area contributed by atoms with Gasteiger partial charge in [-0.1, -0.05) is 13.8 Å². The third kappa shape index (κ3) is 4.42. The molecule has 0 aromatic heterocycles. The fourth-order valence-electron chi connectivity index (χ4n) is 1.90. The first-order chi connectivity index (χ1) is 9.35. The number of methoxy groups -OCH3 is 1. The number of hydrogen-bond donors (Lipinski definition) is 2. The van der Waals surface area contributed by atoms with Gasteiger partial charge in [-0.15, -0.1) is 0 Å². The first-order valence-electron chi connectivity index (χ1n) is 6.67. The van der Waals surface area contributed by atoms with Gasteiger partial charge in [-0.3, -0.25) is 4.79 Å². The zero-order valence-corrected chi connectivity index (χ0v) is 12.8. The Morgan fingerprint density at radius 3 is 2.50 bits per heavy atom. The topological polar surface area (TPSA) is 61.8 Å². The monoisotopic (exact) mass is 280 g/mol. The predicted octanol–water partition coefficient (Wildman–Crippen LogP) is 1.72. The van der Waals surface area contributed by atoms with Gasteiger partial charge in [0.2, 0.25) is 0 Å². The molecular weight excluding hydrogens is 256 g/mol. The summed E-state index contributed by atoms with van der Waals surface area (Å²) in [5, 5.41) is 12.7. The number of nitrogens with zero attached hydrogens (tertiary/aromatic N) is 1. The van der Waals surface area contributed by atoms with E-state index in [2.05, 4.69) is 19.2 Å². The molecule has 0 radical (unpaired) electrons. The molecule has 1 rings (SSSR count). The Labute approximate surface area is 120 Å². The Morgan fingerprint density at radius 1 is 1.40 bits per heavy atom. The maximum atomic E-state index is 12.2. The van der Waals surface area contributed by atoms with Crippen LogP contribution >= 0.6 is 0 Å². The van der Waals surface area contributed by atoms with Gasteiger partial charge in [0.05, 0.1) is 7.11 Å². The number of phenols is 1. The summed E-state index contributed by atoms with van der Waals surface area (Å²) in [7, 11) is 5.42. The minimum absolute atomic E-state index is 0.0335. The summed E-state index contributed by atoms with van der Waals surface area (Å²) in [4.78, 5) is 14.2. The molecule has 1 unspecified atom stereocenters. The maximum Gasteiger partial charge on any atom is 0.251 e. The van der Waals surface area contributed by atoms with Crippen LogP contribution in [0.4, 0.5) is 0 Å². The zero-order chi connectivity index (χ0) is 15.3. The molecule has 0 fully saturated rings. The number of carbonyl (C=O) groups excluding carboxylic acids is 1. The molecule has 1 amide bonds. The number of likely N-dealkylation sites (N-methyl/N-ethyl adjacent to an activating group) is 1. The van der Waals surface area contributed by atoms with Crippen LogP contribution in [0.5, 0.6) is 11.5 Å². The lowest BCUT2D eigenvalue weighted by Gasteiger charge is -2.25. The van der Waals surface area contributed by atoms with E-state index in [4.69, 9.17) is 4.74 Å². The van der Waals surface area contributed by atoms with Crippen molar-refractivity contribution in [2.24, 2.45) is 5.92 Å². The van der Waals surface area contributed by atoms with Crippen LogP contribution < -0.4 is 10.1 Å². The summed E-state index contributed by atoms with van der Waals surface area (Å²) >= 11 is 0. The van der Waals surface area contributed by atoms with Gasteiger partial charge in [-0.05, 0) is 38.2 Å². The quantitative estimate of drug-likeness (QED) is 0.833. The van der Waals surface area contributed by atoms with E-state index >= 15 is 0 Å². The predicted molar refractivity (Wildman–Crippen MR) is 79.3 cm³/mol. The van der Waals surface area contributed by atoms with Crippen LogP contribution in [0, 0.1) is 5.92 Å². The largest absolute Gasteiger partial charge is 0.504 e. The van der Waals surface area contributed by atoms with Gasteiger partial charge in [0.1, 0.15) is 0 Å². The van der Waals surface area contributed by atoms with Crippen molar-refractivity contribution in [3.63, 3.8) is 0 Å². The van der Waals surface area contributed by atoms with Crippen molar-refractivity contribution in [1.82, 2.24) is 10.2 Å². The van der Waals surface area contributed by atoms with Crippen molar-refractivity contribution in [2.75, 3.05) is 27.7 Å². The highest BCUT2D eigenvalue weighted by molar-refractivity contribution is 5.95. The fraction of sp³-hybridized carbons (Fsp3) is 0.533. The normalized spacial score (nSPS) is 12.6. The minimum Gasteiger partial charge on any atom is -0.504 e. The van der Waals surface area contributed by atoms with Crippen LogP contribution in [-0.2, 0) is 0 Å². The van der Waals surface area contributed by atoms with Crippen molar-refractivity contribution in [3.8, 4) is 11.5 Å². The van der Waals surface area contributed by atoms with E-state index in [-0.39, 0.29) is 17.7 Å². The Balaban J connectivity index is 2.81. The lowest BCUT2D eigenvalue weighted by Crippen LogP contribution is -2.44. The van der Waals surface area contributed by atoms with Gasteiger partial charge >= 0.3 is 0 Å². The molecule has 0 heterocycles. The number of ether oxygens (including phenoxy) is 1. The average Bonchev–Trinajstić information content (AvgIpc) is 2.37. The second kappa shape index (κ2) is 7.14. The number of nitrogens with one attached hydrogen (secondary N) is 1. The molecule has 5 nitrogen and oxygen atoms in total. The maximum absolute atomic E-state index is 12.2. The van der Waals surface area contributed by atoms with E-state index in [1.54, 1.807) is 12.1 Å². The molecule has 0 spiro atoms. The molecule has 1 aromatic carbocycles. The first kappa shape index (κ1) is 16.3. The molecule has 0 saturated heterocycles. The summed E-state index contributed by atoms with van der Waals surface area (Å²) in [6, 6.07) is 4.70. The van der Waals surface area contributed by atoms with Crippen LogP contribution in [0.15, 0.2) is 18.2 Å². The smallest absolute Gasteiger partial charge is 0.251 e. The molecule has 1 aromatic rings. The molecule has 0 bridgehead atoms. The minimum atomic E-state index is -0.191. The number of hydrogen-bond acceptors (Lipinski definition) is 4. The van der Waals surface area contributed by atoms with Gasteiger partial charge in [0, 0.05) is 18.2 Å². The van der Waals surface area contributed by atoms with Gasteiger partial charge in [-0.25, -0.2) is 0 Å². The highest BCUT2D eigenvalue weighted by Crippen LogP contribution is 2.26. The lowest BCUT2D eigenvalue weighted by molar-refractivity contribution is 0.0916. The molecule has 0 aliphatic carbocycles. The molecule has 112 valence electrons. The number of amides is 1. The van der Waals surface area contributed by atoms with Crippen LogP contribution in [0.3, 0.4) is 0 Å². The van der Waals surface area contributed by atoms with E-state index in [1.165, 1.54) is 13.2 Å². The fourth-order valence-corrected chi connectivity index (χ4v) is 1.90. The molecule has 5 heteroatoms. The summed E-state index contributed by atoms with van der Waals surface area (Å²) in [5.74, 6) is 0.459. The van der Waals surface area contributed by atoms with E-state index in [9.17, 15) is 9.90 Å². The third-order valence-electron chi connectivity index (χ3n) is 3.12. The number of benzene rings is 1. The zero-order valence-electron chi connectivity index (χ0n) is 12.8. The summed E-state index contributed by atoms with van der Waals surface area (Å²) < 4.78 is 4.96. The van der Waals surface area contributed by atoms with Gasteiger partial charge in [-0.2, -0.15) is 0 Å². The van der Waals surface area contributed by atoms with Gasteiger partial charge in [0.15, 0.2) is 11.5 Å². The lowest BCUT2D eigenvalue weighted by atomic mass is 10.0. The highest BCUT2D eigenvalue weighted by atomic mass is 16.5. The van der Waals surface area contributed by atoms with Gasteiger partial charge in [0.25, 0.3) is 5.91 Å². The number of phenolic OH excluding ortho intramolecular Hbond substituents is 1. The molecule has 1 atom stereocenters. The number of carbonyl (C=O) groups is 1. The molecule has 2 N–H and O–H groups in total. The van der Waals surface area contributed by atoms with Crippen LogP contribution in [-0.4, -0.2) is 49.7 Å². The molecule has 0 aliphatic heterocycles. The Hall–Kier alpha value is -1.75. The number of rotatable bonds is 6. The summed E-state index contributed by atoms with van der Waals surface area (Å²) in [6.45, 7) is 4.91. The van der Waals surface area contributed by atoms with Crippen molar-refractivity contribution < 1.29 is 14.6 Å². The van der Waals surface area contributed by atoms with E-state index in [0.717, 1.165) is 6.54 Å². The van der Waals surface area contributed by atoms with Gasteiger partial charge < -0.3 is 20.1 Å². The molecule has 20 heavy (non-hydrogen) atoms. The van der Waals surface area contributed by atoms with Crippen molar-refractivity contribution in [1.29, 1.82) is 0 Å². The third-order valence-corrected chi connectivity index (χ3v) is 3.12. The van der Waals surface area contributed by atoms with E-state index < -0.39 is 0 Å². The van der Waals surface area contributed by atoms with E-state index in [1.807, 2.05) is 19.0 Å². The second-order valence-corrected chi connectivity index (χ2v) is 5.47. The Bertz CT molecular complexity index is 458. The van der Waals surface area contributed by atoms with Crippen molar-refractivity contribution in [3.05, 3.63) is 23.8 Å². The summed E-state index contributed by atoms with van der Waals surface area (Å²) in [6.07, 6.45) is 0. The second-order valence-electron chi connectivity index (χ2n) is 5.47. The Kier molecular flexibility index (Phi) is 5.82. The van der Waals surface area contributed by atoms with Crippen molar-refractivity contribution >= 4 is 5.91 Å². The number of aromatic hydroxyl groups is 1. The van der Waals surface area contributed by atoms with E-state index in [0.29, 0.717) is 17.2 Å². The average molecular weight is 280 g/mol. The van der Waals surface area contributed by atoms with Crippen LogP contribution in [0.1, 0.15) is 24.2 Å². The molecular formula is C15H24N2O3. The first-order valence-corrected chi connectivity index (χ1v) is 6.67. The molecule has 0 aliphatic rings. The Morgan fingerprint density at radius 2 is 2.05 bits per heavy atom. The standard InChI is InChI=1S/C15H24N2O3/c1-10(2)12(9-17(3)4)16-15(19)11-6-7-14(20-5)13(18)8-11/h6-8,10,12,18H,9H2,1-5H3,(H,16,19). The van der Waals surface area contributed by atoms with Crippen LogP contribution in [0.25, 0.3) is 0 Å². The van der Waals surface area contributed by atoms with Crippen LogP contribution in [0.2, 0.25) is 0 Å².